The lowest BCUT2D eigenvalue weighted by Gasteiger charge is -2.30. The van der Waals surface area contributed by atoms with Crippen molar-refractivity contribution >= 4 is 23.8 Å². The minimum absolute atomic E-state index is 0.113. The average molecular weight is 350 g/mol. The molecule has 8 nitrogen and oxygen atoms in total. The van der Waals surface area contributed by atoms with E-state index in [4.69, 9.17) is 9.15 Å². The second-order valence-corrected chi connectivity index (χ2v) is 6.22. The van der Waals surface area contributed by atoms with Gasteiger partial charge in [0.25, 0.3) is 5.91 Å². The molecule has 8 heteroatoms. The number of carbonyl (C=O) groups is 2. The minimum atomic E-state index is -0.919. The molecule has 1 amide bonds. The van der Waals surface area contributed by atoms with Crippen molar-refractivity contribution in [3.05, 3.63) is 34.1 Å². The summed E-state index contributed by atoms with van der Waals surface area (Å²) in [4.78, 5) is 33.7. The third-order valence-electron chi connectivity index (χ3n) is 4.28. The normalized spacial score (nSPS) is 21.7. The Morgan fingerprint density at radius 2 is 2.12 bits per heavy atom. The summed E-state index contributed by atoms with van der Waals surface area (Å²) < 4.78 is 9.94. The van der Waals surface area contributed by atoms with Crippen molar-refractivity contribution in [3.63, 3.8) is 0 Å². The van der Waals surface area contributed by atoms with Crippen molar-refractivity contribution in [1.82, 2.24) is 5.32 Å². The van der Waals surface area contributed by atoms with Gasteiger partial charge in [-0.05, 0) is 37.8 Å². The summed E-state index contributed by atoms with van der Waals surface area (Å²) in [5.74, 6) is -0.901. The van der Waals surface area contributed by atoms with E-state index in [-0.39, 0.29) is 17.7 Å². The first kappa shape index (κ1) is 18.7. The molecule has 1 fully saturated rings. The maximum atomic E-state index is 12.1. The van der Waals surface area contributed by atoms with Crippen LogP contribution in [0.1, 0.15) is 45.3 Å². The van der Waals surface area contributed by atoms with E-state index in [9.17, 15) is 19.7 Å². The van der Waals surface area contributed by atoms with Gasteiger partial charge in [0.1, 0.15) is 10.7 Å². The van der Waals surface area contributed by atoms with Crippen LogP contribution in [-0.4, -0.2) is 28.9 Å². The number of hydrogen-bond donors (Lipinski definition) is 1. The number of nitrogens with one attached hydrogen (secondary N) is 1. The Morgan fingerprint density at radius 1 is 1.40 bits per heavy atom. The van der Waals surface area contributed by atoms with Crippen LogP contribution in [0.2, 0.25) is 0 Å². The Labute approximate surface area is 145 Å². The molecule has 1 heterocycles. The largest absolute Gasteiger partial charge is 0.449 e. The van der Waals surface area contributed by atoms with Crippen LogP contribution in [0.5, 0.6) is 0 Å². The van der Waals surface area contributed by atoms with Crippen molar-refractivity contribution in [2.24, 2.45) is 5.92 Å². The Bertz CT molecular complexity index is 666. The molecule has 1 aromatic rings. The maximum absolute atomic E-state index is 12.1. The van der Waals surface area contributed by atoms with Crippen LogP contribution < -0.4 is 5.32 Å². The van der Waals surface area contributed by atoms with Crippen molar-refractivity contribution in [1.29, 1.82) is 0 Å². The number of ether oxygens (including phenoxy) is 1. The SMILES string of the molecule is C[C@@H]1CCCC[C@@H]1NC(=O)[C@@H](C)OC(=O)/C=C/c1ccc([N+](=O)[O-])o1. The van der Waals surface area contributed by atoms with Crippen molar-refractivity contribution < 1.29 is 23.7 Å². The summed E-state index contributed by atoms with van der Waals surface area (Å²) in [5, 5.41) is 13.4. The summed E-state index contributed by atoms with van der Waals surface area (Å²) in [7, 11) is 0. The van der Waals surface area contributed by atoms with Crippen LogP contribution >= 0.6 is 0 Å². The fraction of sp³-hybridized carbons (Fsp3) is 0.529. The van der Waals surface area contributed by atoms with Gasteiger partial charge in [-0.3, -0.25) is 14.9 Å². The predicted octanol–water partition coefficient (Wildman–Crippen LogP) is 2.83. The number of esters is 1. The van der Waals surface area contributed by atoms with E-state index in [2.05, 4.69) is 12.2 Å². The molecule has 3 atom stereocenters. The molecule has 2 rings (SSSR count). The average Bonchev–Trinajstić information content (AvgIpc) is 3.04. The van der Waals surface area contributed by atoms with E-state index in [0.717, 1.165) is 25.3 Å². The second-order valence-electron chi connectivity index (χ2n) is 6.22. The number of rotatable bonds is 6. The fourth-order valence-corrected chi connectivity index (χ4v) is 2.78. The van der Waals surface area contributed by atoms with Crippen molar-refractivity contribution in [2.45, 2.75) is 51.7 Å². The van der Waals surface area contributed by atoms with Crippen LogP contribution in [0.3, 0.4) is 0 Å². The van der Waals surface area contributed by atoms with Crippen LogP contribution in [0, 0.1) is 16.0 Å². The molecule has 136 valence electrons. The van der Waals surface area contributed by atoms with Gasteiger partial charge < -0.3 is 14.5 Å². The highest BCUT2D eigenvalue weighted by Gasteiger charge is 2.26. The molecule has 0 aromatic carbocycles. The Hall–Kier alpha value is -2.64. The highest BCUT2D eigenvalue weighted by Crippen LogP contribution is 2.23. The zero-order chi connectivity index (χ0) is 18.4. The number of amides is 1. The molecular formula is C17H22N2O6. The maximum Gasteiger partial charge on any atom is 0.433 e. The van der Waals surface area contributed by atoms with Crippen LogP contribution in [0.25, 0.3) is 6.08 Å². The molecule has 0 bridgehead atoms. The van der Waals surface area contributed by atoms with Gasteiger partial charge in [-0.15, -0.1) is 0 Å². The van der Waals surface area contributed by atoms with Gasteiger partial charge in [-0.25, -0.2) is 4.79 Å². The van der Waals surface area contributed by atoms with E-state index >= 15 is 0 Å². The van der Waals surface area contributed by atoms with Gasteiger partial charge in [0, 0.05) is 12.1 Å². The quantitative estimate of drug-likeness (QED) is 0.365. The molecular weight excluding hydrogens is 328 g/mol. The lowest BCUT2D eigenvalue weighted by Crippen LogP contribution is -2.45. The Kier molecular flexibility index (Phi) is 6.32. The van der Waals surface area contributed by atoms with Gasteiger partial charge in [0.05, 0.1) is 6.07 Å². The van der Waals surface area contributed by atoms with E-state index < -0.39 is 22.9 Å². The smallest absolute Gasteiger partial charge is 0.433 e. The lowest BCUT2D eigenvalue weighted by atomic mass is 9.86. The number of nitrogens with zero attached hydrogens (tertiary/aromatic N) is 1. The zero-order valence-electron chi connectivity index (χ0n) is 14.3. The second kappa shape index (κ2) is 8.46. The first-order chi connectivity index (χ1) is 11.9. The van der Waals surface area contributed by atoms with Crippen LogP contribution in [0.15, 0.2) is 22.6 Å². The molecule has 0 unspecified atom stereocenters. The zero-order valence-corrected chi connectivity index (χ0v) is 14.3. The highest BCUT2D eigenvalue weighted by atomic mass is 16.6. The highest BCUT2D eigenvalue weighted by molar-refractivity contribution is 5.90. The van der Waals surface area contributed by atoms with Crippen molar-refractivity contribution in [3.8, 4) is 0 Å². The standard InChI is InChI=1S/C17H22N2O6/c1-11-5-3-4-6-14(11)18-17(21)12(2)24-16(20)10-8-13-7-9-15(25-13)19(22)23/h7-12,14H,3-6H2,1-2H3,(H,18,21)/b10-8+/t11-,12-,14+/m1/s1. The van der Waals surface area contributed by atoms with Gasteiger partial charge in [0.2, 0.25) is 0 Å². The summed E-state index contributed by atoms with van der Waals surface area (Å²) in [6.45, 7) is 3.61. The number of furan rings is 1. The Balaban J connectivity index is 1.82. The topological polar surface area (TPSA) is 112 Å². The molecule has 25 heavy (non-hydrogen) atoms. The molecule has 0 saturated heterocycles. The van der Waals surface area contributed by atoms with E-state index in [1.54, 1.807) is 0 Å². The number of hydrogen-bond acceptors (Lipinski definition) is 6. The van der Waals surface area contributed by atoms with Gasteiger partial charge in [0.15, 0.2) is 6.10 Å². The predicted molar refractivity (Wildman–Crippen MR) is 89.5 cm³/mol. The van der Waals surface area contributed by atoms with Gasteiger partial charge >= 0.3 is 11.9 Å². The van der Waals surface area contributed by atoms with Gasteiger partial charge in [-0.2, -0.15) is 0 Å². The fourth-order valence-electron chi connectivity index (χ4n) is 2.78. The molecule has 0 radical (unpaired) electrons. The summed E-state index contributed by atoms with van der Waals surface area (Å²) in [5.41, 5.74) is 0. The number of carbonyl (C=O) groups excluding carboxylic acids is 2. The van der Waals surface area contributed by atoms with Gasteiger partial charge in [-0.1, -0.05) is 19.8 Å². The van der Waals surface area contributed by atoms with E-state index in [1.807, 2.05) is 0 Å². The lowest BCUT2D eigenvalue weighted by molar-refractivity contribution is -0.402. The molecule has 0 spiro atoms. The molecule has 1 aromatic heterocycles. The molecule has 1 aliphatic carbocycles. The van der Waals surface area contributed by atoms with E-state index in [0.29, 0.717) is 5.92 Å². The first-order valence-corrected chi connectivity index (χ1v) is 8.30. The summed E-state index contributed by atoms with van der Waals surface area (Å²) in [6, 6.07) is 2.66. The minimum Gasteiger partial charge on any atom is -0.449 e. The molecule has 1 N–H and O–H groups in total. The van der Waals surface area contributed by atoms with Crippen molar-refractivity contribution in [2.75, 3.05) is 0 Å². The first-order valence-electron chi connectivity index (χ1n) is 8.30. The van der Waals surface area contributed by atoms with Crippen LogP contribution in [-0.2, 0) is 14.3 Å². The molecule has 1 aliphatic rings. The van der Waals surface area contributed by atoms with Crippen LogP contribution in [0.4, 0.5) is 5.88 Å². The molecule has 1 saturated carbocycles. The Morgan fingerprint density at radius 3 is 2.76 bits per heavy atom. The monoisotopic (exact) mass is 350 g/mol. The summed E-state index contributed by atoms with van der Waals surface area (Å²) in [6.07, 6.45) is 5.67. The third kappa shape index (κ3) is 5.44. The number of nitro groups is 1. The third-order valence-corrected chi connectivity index (χ3v) is 4.28. The molecule has 0 aliphatic heterocycles. The van der Waals surface area contributed by atoms with E-state index in [1.165, 1.54) is 31.6 Å². The summed E-state index contributed by atoms with van der Waals surface area (Å²) >= 11 is 0.